The average Bonchev–Trinajstić information content (AvgIpc) is 2.98. The topological polar surface area (TPSA) is 20.2 Å². The Kier molecular flexibility index (Phi) is 5.74. The summed E-state index contributed by atoms with van der Waals surface area (Å²) in [5, 5.41) is 10.2. The van der Waals surface area contributed by atoms with Crippen LogP contribution in [-0.2, 0) is 0 Å². The molecule has 3 saturated carbocycles. The molecule has 28 heavy (non-hydrogen) atoms. The van der Waals surface area contributed by atoms with Gasteiger partial charge in [-0.25, -0.2) is 0 Å². The average molecular weight is 383 g/mol. The van der Waals surface area contributed by atoms with Crippen molar-refractivity contribution in [3.63, 3.8) is 0 Å². The monoisotopic (exact) mass is 382 g/mol. The molecule has 4 aliphatic rings. The van der Waals surface area contributed by atoms with Gasteiger partial charge in [0.05, 0.1) is 6.10 Å². The fourth-order valence-corrected chi connectivity index (χ4v) is 7.67. The van der Waals surface area contributed by atoms with Crippen LogP contribution in [0.5, 0.6) is 0 Å². The number of hydrogen-bond donors (Lipinski definition) is 1. The van der Waals surface area contributed by atoms with E-state index >= 15 is 0 Å². The quantitative estimate of drug-likeness (QED) is 0.325. The second-order valence-corrected chi connectivity index (χ2v) is 11.4. The van der Waals surface area contributed by atoms with E-state index in [-0.39, 0.29) is 6.10 Å². The Labute approximate surface area is 173 Å². The van der Waals surface area contributed by atoms with Gasteiger partial charge in [0.1, 0.15) is 0 Å². The van der Waals surface area contributed by atoms with Crippen molar-refractivity contribution in [2.24, 2.45) is 40.4 Å². The van der Waals surface area contributed by atoms with Gasteiger partial charge in [0.2, 0.25) is 0 Å². The zero-order valence-electron chi connectivity index (χ0n) is 18.8. The van der Waals surface area contributed by atoms with E-state index in [0.717, 1.165) is 42.9 Å². The number of rotatable bonds is 3. The van der Waals surface area contributed by atoms with E-state index in [9.17, 15) is 5.11 Å². The van der Waals surface area contributed by atoms with Crippen LogP contribution in [0.3, 0.4) is 0 Å². The van der Waals surface area contributed by atoms with Crippen molar-refractivity contribution >= 4 is 0 Å². The van der Waals surface area contributed by atoms with Crippen LogP contribution in [0.15, 0.2) is 11.6 Å². The zero-order chi connectivity index (χ0) is 19.9. The summed E-state index contributed by atoms with van der Waals surface area (Å²) in [5.41, 5.74) is 2.40. The van der Waals surface area contributed by atoms with E-state index < -0.39 is 0 Å². The fourth-order valence-electron chi connectivity index (χ4n) is 7.67. The summed E-state index contributed by atoms with van der Waals surface area (Å²) in [4.78, 5) is 0. The van der Waals surface area contributed by atoms with Gasteiger partial charge in [-0.15, -0.1) is 5.92 Å². The van der Waals surface area contributed by atoms with Crippen molar-refractivity contribution < 1.29 is 5.11 Å². The molecule has 7 unspecified atom stereocenters. The van der Waals surface area contributed by atoms with Gasteiger partial charge >= 0.3 is 0 Å². The van der Waals surface area contributed by atoms with Crippen LogP contribution < -0.4 is 0 Å². The highest BCUT2D eigenvalue weighted by Gasteiger charge is 2.58. The molecule has 0 aromatic carbocycles. The summed E-state index contributed by atoms with van der Waals surface area (Å²) in [7, 11) is 0. The molecule has 1 heteroatoms. The van der Waals surface area contributed by atoms with E-state index in [2.05, 4.69) is 45.6 Å². The molecule has 0 amide bonds. The summed E-state index contributed by atoms with van der Waals surface area (Å²) in [6, 6.07) is 0. The standard InChI is InChI=1S/C27H42O/c1-19(2)8-6-5-7-9-20-11-13-24-23-12-10-21-18-22(28)14-16-27(21,4)25(23)15-17-26(20,24)3/h10,19-20,22-25,28H,5-6,8,11-18H2,1-4H3. The third-order valence-electron chi connectivity index (χ3n) is 9.44. The van der Waals surface area contributed by atoms with Crippen LogP contribution in [0.4, 0.5) is 0 Å². The summed E-state index contributed by atoms with van der Waals surface area (Å²) in [5.74, 6) is 11.3. The first-order chi connectivity index (χ1) is 13.3. The summed E-state index contributed by atoms with van der Waals surface area (Å²) >= 11 is 0. The van der Waals surface area contributed by atoms with Crippen LogP contribution in [0.2, 0.25) is 0 Å². The van der Waals surface area contributed by atoms with Gasteiger partial charge in [0.25, 0.3) is 0 Å². The van der Waals surface area contributed by atoms with Crippen molar-refractivity contribution in [3.05, 3.63) is 11.6 Å². The zero-order valence-corrected chi connectivity index (χ0v) is 18.8. The summed E-state index contributed by atoms with van der Waals surface area (Å²) in [6.07, 6.45) is 16.0. The van der Waals surface area contributed by atoms with E-state index in [4.69, 9.17) is 0 Å². The van der Waals surface area contributed by atoms with Crippen molar-refractivity contribution in [2.75, 3.05) is 0 Å². The number of aliphatic hydroxyl groups excluding tert-OH is 1. The molecule has 0 heterocycles. The minimum atomic E-state index is -0.0911. The highest BCUT2D eigenvalue weighted by Crippen LogP contribution is 2.66. The molecular formula is C27H42O. The molecule has 0 saturated heterocycles. The second kappa shape index (κ2) is 7.83. The number of fused-ring (bicyclic) bond motifs is 5. The van der Waals surface area contributed by atoms with E-state index in [0.29, 0.717) is 16.7 Å². The maximum absolute atomic E-state index is 10.2. The molecule has 156 valence electrons. The molecule has 4 aliphatic carbocycles. The Balaban J connectivity index is 1.47. The predicted molar refractivity (Wildman–Crippen MR) is 118 cm³/mol. The van der Waals surface area contributed by atoms with Gasteiger partial charge in [-0.05, 0) is 92.3 Å². The Morgan fingerprint density at radius 2 is 1.93 bits per heavy atom. The van der Waals surface area contributed by atoms with Gasteiger partial charge in [0.15, 0.2) is 0 Å². The minimum Gasteiger partial charge on any atom is -0.393 e. The maximum atomic E-state index is 10.2. The predicted octanol–water partition coefficient (Wildman–Crippen LogP) is 6.76. The molecule has 0 aromatic rings. The van der Waals surface area contributed by atoms with Crippen molar-refractivity contribution in [1.29, 1.82) is 0 Å². The minimum absolute atomic E-state index is 0.0911. The third-order valence-corrected chi connectivity index (χ3v) is 9.44. The van der Waals surface area contributed by atoms with Crippen molar-refractivity contribution in [2.45, 2.75) is 104 Å². The second-order valence-electron chi connectivity index (χ2n) is 11.4. The number of allylic oxidation sites excluding steroid dienone is 1. The first kappa shape index (κ1) is 20.5. The molecule has 7 atom stereocenters. The highest BCUT2D eigenvalue weighted by molar-refractivity contribution is 5.26. The van der Waals surface area contributed by atoms with Crippen molar-refractivity contribution in [3.8, 4) is 11.8 Å². The molecular weight excluding hydrogens is 340 g/mol. The largest absolute Gasteiger partial charge is 0.393 e. The van der Waals surface area contributed by atoms with Gasteiger partial charge < -0.3 is 5.11 Å². The lowest BCUT2D eigenvalue weighted by Gasteiger charge is -2.57. The van der Waals surface area contributed by atoms with Crippen molar-refractivity contribution in [1.82, 2.24) is 0 Å². The first-order valence-electron chi connectivity index (χ1n) is 12.2. The lowest BCUT2D eigenvalue weighted by Crippen LogP contribution is -2.50. The number of unbranched alkanes of at least 4 members (excludes halogenated alkanes) is 1. The third kappa shape index (κ3) is 3.49. The van der Waals surface area contributed by atoms with Gasteiger partial charge in [-0.2, -0.15) is 0 Å². The molecule has 0 aromatic heterocycles. The SMILES string of the molecule is CC(C)CCCC#CC1CCC2C3CC=C4CC(O)CCC4(C)C3CCC12C. The van der Waals surface area contributed by atoms with E-state index in [1.54, 1.807) is 5.57 Å². The maximum Gasteiger partial charge on any atom is 0.0577 e. The number of aliphatic hydroxyl groups is 1. The molecule has 4 rings (SSSR count). The van der Waals surface area contributed by atoms with Crippen LogP contribution in [0.25, 0.3) is 0 Å². The van der Waals surface area contributed by atoms with Gasteiger partial charge in [-0.3, -0.25) is 0 Å². The Morgan fingerprint density at radius 1 is 1.11 bits per heavy atom. The fraction of sp³-hybridized carbons (Fsp3) is 0.852. The molecule has 0 radical (unpaired) electrons. The van der Waals surface area contributed by atoms with E-state index in [1.807, 2.05) is 0 Å². The van der Waals surface area contributed by atoms with Crippen LogP contribution in [0, 0.1) is 52.3 Å². The van der Waals surface area contributed by atoms with Crippen LogP contribution in [-0.4, -0.2) is 11.2 Å². The summed E-state index contributed by atoms with van der Waals surface area (Å²) < 4.78 is 0. The smallest absolute Gasteiger partial charge is 0.0577 e. The molecule has 1 nitrogen and oxygen atoms in total. The molecule has 0 aliphatic heterocycles. The molecule has 0 spiro atoms. The molecule has 1 N–H and O–H groups in total. The molecule has 3 fully saturated rings. The molecule has 0 bridgehead atoms. The van der Waals surface area contributed by atoms with E-state index in [1.165, 1.54) is 51.4 Å². The Morgan fingerprint density at radius 3 is 2.71 bits per heavy atom. The Hall–Kier alpha value is -0.740. The summed E-state index contributed by atoms with van der Waals surface area (Å²) in [6.45, 7) is 9.74. The van der Waals surface area contributed by atoms with Crippen LogP contribution in [0.1, 0.15) is 98.3 Å². The first-order valence-corrected chi connectivity index (χ1v) is 12.2. The lowest BCUT2D eigenvalue weighted by molar-refractivity contribution is -0.0433. The number of hydrogen-bond acceptors (Lipinski definition) is 1. The van der Waals surface area contributed by atoms with Gasteiger partial charge in [0, 0.05) is 12.3 Å². The lowest BCUT2D eigenvalue weighted by atomic mass is 9.47. The van der Waals surface area contributed by atoms with Gasteiger partial charge in [-0.1, -0.05) is 51.7 Å². The normalized spacial score (nSPS) is 44.8. The highest BCUT2D eigenvalue weighted by atomic mass is 16.3. The van der Waals surface area contributed by atoms with Crippen LogP contribution >= 0.6 is 0 Å². The Bertz CT molecular complexity index is 663.